The Morgan fingerprint density at radius 1 is 1.25 bits per heavy atom. The predicted octanol–water partition coefficient (Wildman–Crippen LogP) is 2.71. The van der Waals surface area contributed by atoms with Gasteiger partial charge in [0.05, 0.1) is 18.1 Å². The molecule has 2 rings (SSSR count). The molecule has 0 amide bonds. The molecule has 16 heavy (non-hydrogen) atoms. The van der Waals surface area contributed by atoms with Gasteiger partial charge < -0.3 is 4.74 Å². The van der Waals surface area contributed by atoms with Crippen LogP contribution in [-0.4, -0.2) is 6.61 Å². The highest BCUT2D eigenvalue weighted by Gasteiger charge is 2.31. The second-order valence-electron chi connectivity index (χ2n) is 3.61. The summed E-state index contributed by atoms with van der Waals surface area (Å²) >= 11 is 0. The van der Waals surface area contributed by atoms with E-state index in [0.29, 0.717) is 13.0 Å². The van der Waals surface area contributed by atoms with E-state index in [1.807, 2.05) is 6.07 Å². The van der Waals surface area contributed by atoms with Crippen molar-refractivity contribution in [3.63, 3.8) is 0 Å². The molecule has 1 aliphatic heterocycles. The molecule has 0 radical (unpaired) electrons. The first kappa shape index (κ1) is 11.0. The molecule has 1 heterocycles. The van der Waals surface area contributed by atoms with Crippen molar-refractivity contribution < 1.29 is 17.9 Å². The monoisotopic (exact) mass is 227 g/mol. The molecule has 5 heteroatoms. The minimum Gasteiger partial charge on any atom is -0.372 e. The van der Waals surface area contributed by atoms with Gasteiger partial charge in [0, 0.05) is 6.61 Å². The first-order valence-electron chi connectivity index (χ1n) is 4.79. The molecule has 0 spiro atoms. The first-order chi connectivity index (χ1) is 7.63. The summed E-state index contributed by atoms with van der Waals surface area (Å²) in [6.45, 7) is 0.365. The Bertz CT molecular complexity index is 432. The summed E-state index contributed by atoms with van der Waals surface area (Å²) in [5, 5.41) is 8.80. The maximum atomic E-state index is 13.0. The van der Waals surface area contributed by atoms with Crippen LogP contribution in [0.4, 0.5) is 13.2 Å². The van der Waals surface area contributed by atoms with Crippen LogP contribution < -0.4 is 0 Å². The van der Waals surface area contributed by atoms with Crippen LogP contribution in [0.25, 0.3) is 0 Å². The average Bonchev–Trinajstić information content (AvgIpc) is 2.73. The van der Waals surface area contributed by atoms with E-state index >= 15 is 0 Å². The minimum atomic E-state index is -1.50. The van der Waals surface area contributed by atoms with Crippen LogP contribution in [-0.2, 0) is 4.74 Å². The summed E-state index contributed by atoms with van der Waals surface area (Å²) in [6, 6.07) is 3.75. The molecule has 84 valence electrons. The van der Waals surface area contributed by atoms with Crippen molar-refractivity contribution in [2.75, 3.05) is 6.61 Å². The highest BCUT2D eigenvalue weighted by atomic mass is 19.2. The van der Waals surface area contributed by atoms with Crippen molar-refractivity contribution in [3.8, 4) is 6.07 Å². The van der Waals surface area contributed by atoms with Gasteiger partial charge in [-0.1, -0.05) is 0 Å². The standard InChI is InChI=1S/C11H8F3NO/c12-8-3-7(4-9(13)10(8)14)11-6(5-15)1-2-16-11/h3-4,6,11H,1-2H2. The lowest BCUT2D eigenvalue weighted by atomic mass is 9.96. The van der Waals surface area contributed by atoms with Gasteiger partial charge in [-0.15, -0.1) is 0 Å². The number of ether oxygens (including phenoxy) is 1. The van der Waals surface area contributed by atoms with E-state index < -0.39 is 29.5 Å². The Morgan fingerprint density at radius 3 is 2.44 bits per heavy atom. The zero-order valence-corrected chi connectivity index (χ0v) is 8.21. The SMILES string of the molecule is N#CC1CCOC1c1cc(F)c(F)c(F)c1. The van der Waals surface area contributed by atoms with Gasteiger partial charge in [0.25, 0.3) is 0 Å². The Morgan fingerprint density at radius 2 is 1.88 bits per heavy atom. The molecular weight excluding hydrogens is 219 g/mol. The molecule has 2 unspecified atom stereocenters. The van der Waals surface area contributed by atoms with Crippen LogP contribution in [0.1, 0.15) is 18.1 Å². The number of halogens is 3. The molecule has 2 nitrogen and oxygen atoms in total. The summed E-state index contributed by atoms with van der Waals surface area (Å²) in [4.78, 5) is 0. The quantitative estimate of drug-likeness (QED) is 0.691. The number of nitriles is 1. The van der Waals surface area contributed by atoms with Gasteiger partial charge in [-0.3, -0.25) is 0 Å². The van der Waals surface area contributed by atoms with Gasteiger partial charge >= 0.3 is 0 Å². The molecule has 1 aromatic carbocycles. The number of benzene rings is 1. The van der Waals surface area contributed by atoms with Crippen molar-refractivity contribution in [1.82, 2.24) is 0 Å². The zero-order valence-electron chi connectivity index (χ0n) is 8.21. The smallest absolute Gasteiger partial charge is 0.194 e. The molecule has 0 aliphatic carbocycles. The van der Waals surface area contributed by atoms with Crippen molar-refractivity contribution in [2.24, 2.45) is 5.92 Å². The molecule has 1 saturated heterocycles. The van der Waals surface area contributed by atoms with Crippen LogP contribution in [0.15, 0.2) is 12.1 Å². The van der Waals surface area contributed by atoms with Crippen LogP contribution in [0, 0.1) is 34.7 Å². The predicted molar refractivity (Wildman–Crippen MR) is 48.7 cm³/mol. The molecule has 0 saturated carbocycles. The molecule has 1 aliphatic rings. The first-order valence-corrected chi connectivity index (χ1v) is 4.79. The summed E-state index contributed by atoms with van der Waals surface area (Å²) in [7, 11) is 0. The van der Waals surface area contributed by atoms with Gasteiger partial charge in [0.15, 0.2) is 17.5 Å². The van der Waals surface area contributed by atoms with Crippen LogP contribution in [0.5, 0.6) is 0 Å². The summed E-state index contributed by atoms with van der Waals surface area (Å²) in [5.74, 6) is -4.47. The Kier molecular flexibility index (Phi) is 2.84. The van der Waals surface area contributed by atoms with Crippen molar-refractivity contribution >= 4 is 0 Å². The largest absolute Gasteiger partial charge is 0.372 e. The molecule has 2 atom stereocenters. The van der Waals surface area contributed by atoms with Crippen LogP contribution >= 0.6 is 0 Å². The summed E-state index contributed by atoms with van der Waals surface area (Å²) in [5.41, 5.74) is 0.167. The van der Waals surface area contributed by atoms with Crippen molar-refractivity contribution in [2.45, 2.75) is 12.5 Å². The van der Waals surface area contributed by atoms with Gasteiger partial charge in [-0.05, 0) is 24.1 Å². The number of hydrogen-bond acceptors (Lipinski definition) is 2. The Balaban J connectivity index is 2.38. The fourth-order valence-corrected chi connectivity index (χ4v) is 1.79. The second-order valence-corrected chi connectivity index (χ2v) is 3.61. The van der Waals surface area contributed by atoms with Crippen molar-refractivity contribution in [1.29, 1.82) is 5.26 Å². The molecular formula is C11H8F3NO. The highest BCUT2D eigenvalue weighted by molar-refractivity contribution is 5.24. The normalized spacial score (nSPS) is 24.4. The van der Waals surface area contributed by atoms with Gasteiger partial charge in [0.2, 0.25) is 0 Å². The van der Waals surface area contributed by atoms with Crippen LogP contribution in [0.2, 0.25) is 0 Å². The number of hydrogen-bond donors (Lipinski definition) is 0. The Labute approximate surface area is 90.3 Å². The molecule has 0 aromatic heterocycles. The summed E-state index contributed by atoms with van der Waals surface area (Å²) in [6.07, 6.45) is -0.156. The second kappa shape index (κ2) is 4.14. The lowest BCUT2D eigenvalue weighted by Gasteiger charge is -2.13. The van der Waals surface area contributed by atoms with E-state index in [4.69, 9.17) is 10.00 Å². The van der Waals surface area contributed by atoms with Gasteiger partial charge in [-0.2, -0.15) is 5.26 Å². The van der Waals surface area contributed by atoms with E-state index in [9.17, 15) is 13.2 Å². The van der Waals surface area contributed by atoms with E-state index in [0.717, 1.165) is 12.1 Å². The van der Waals surface area contributed by atoms with E-state index in [-0.39, 0.29) is 5.56 Å². The lowest BCUT2D eigenvalue weighted by molar-refractivity contribution is 0.0999. The third kappa shape index (κ3) is 1.76. The van der Waals surface area contributed by atoms with E-state index in [1.165, 1.54) is 0 Å². The van der Waals surface area contributed by atoms with E-state index in [2.05, 4.69) is 0 Å². The third-order valence-corrected chi connectivity index (χ3v) is 2.59. The number of rotatable bonds is 1. The molecule has 0 bridgehead atoms. The topological polar surface area (TPSA) is 33.0 Å². The molecule has 1 fully saturated rings. The van der Waals surface area contributed by atoms with E-state index in [1.54, 1.807) is 0 Å². The number of nitrogens with zero attached hydrogens (tertiary/aromatic N) is 1. The zero-order chi connectivity index (χ0) is 11.7. The maximum Gasteiger partial charge on any atom is 0.194 e. The third-order valence-electron chi connectivity index (χ3n) is 2.59. The minimum absolute atomic E-state index is 0.167. The molecule has 1 aromatic rings. The molecule has 0 N–H and O–H groups in total. The highest BCUT2D eigenvalue weighted by Crippen LogP contribution is 2.34. The van der Waals surface area contributed by atoms with Gasteiger partial charge in [-0.25, -0.2) is 13.2 Å². The van der Waals surface area contributed by atoms with Crippen LogP contribution in [0.3, 0.4) is 0 Å². The lowest BCUT2D eigenvalue weighted by Crippen LogP contribution is -2.07. The maximum absolute atomic E-state index is 13.0. The van der Waals surface area contributed by atoms with Crippen molar-refractivity contribution in [3.05, 3.63) is 35.1 Å². The Hall–Kier alpha value is -1.54. The average molecular weight is 227 g/mol. The fourth-order valence-electron chi connectivity index (χ4n) is 1.79. The summed E-state index contributed by atoms with van der Waals surface area (Å²) < 4.78 is 43.9. The van der Waals surface area contributed by atoms with Gasteiger partial charge in [0.1, 0.15) is 0 Å². The fraction of sp³-hybridized carbons (Fsp3) is 0.364.